The van der Waals surface area contributed by atoms with Crippen LogP contribution in [0.15, 0.2) is 48.5 Å². The monoisotopic (exact) mass is 405 g/mol. The van der Waals surface area contributed by atoms with E-state index in [-0.39, 0.29) is 0 Å². The molecule has 0 aromatic heterocycles. The van der Waals surface area contributed by atoms with Gasteiger partial charge in [0.25, 0.3) is 0 Å². The molecule has 1 fully saturated rings. The highest BCUT2D eigenvalue weighted by Crippen LogP contribution is 2.41. The fourth-order valence-corrected chi connectivity index (χ4v) is 8.30. The van der Waals surface area contributed by atoms with Gasteiger partial charge >= 0.3 is 5.97 Å². The minimum absolute atomic E-state index is 0.395. The van der Waals surface area contributed by atoms with E-state index in [2.05, 4.69) is 25.6 Å². The summed E-state index contributed by atoms with van der Waals surface area (Å²) < 4.78 is 5.49. The van der Waals surface area contributed by atoms with Gasteiger partial charge in [0, 0.05) is 0 Å². The molecular weight excluding hydrogens is 374 g/mol. The van der Waals surface area contributed by atoms with E-state index in [1.807, 2.05) is 18.2 Å². The van der Waals surface area contributed by atoms with Crippen molar-refractivity contribution < 1.29 is 9.53 Å². The lowest BCUT2D eigenvalue weighted by molar-refractivity contribution is 0.0734. The summed E-state index contributed by atoms with van der Waals surface area (Å²) in [6, 6.07) is 21.0. The lowest BCUT2D eigenvalue weighted by Crippen LogP contribution is -2.34. The van der Waals surface area contributed by atoms with Crippen molar-refractivity contribution in [2.24, 2.45) is 0 Å². The number of hydrogen-bond donors (Lipinski definition) is 0. The van der Waals surface area contributed by atoms with Crippen LogP contribution in [0.25, 0.3) is 0 Å². The number of nitriles is 1. The largest absolute Gasteiger partial charge is 0.423 e. The first-order chi connectivity index (χ1) is 14.0. The Morgan fingerprint density at radius 1 is 1.07 bits per heavy atom. The van der Waals surface area contributed by atoms with Gasteiger partial charge < -0.3 is 4.74 Å². The van der Waals surface area contributed by atoms with Gasteiger partial charge in [0.15, 0.2) is 0 Å². The molecule has 29 heavy (non-hydrogen) atoms. The van der Waals surface area contributed by atoms with Crippen molar-refractivity contribution in [1.82, 2.24) is 0 Å². The number of hydrogen-bond acceptors (Lipinski definition) is 3. The van der Waals surface area contributed by atoms with Crippen LogP contribution >= 0.6 is 0 Å². The number of carbonyl (C=O) groups is 1. The Hall–Kier alpha value is -2.38. The quantitative estimate of drug-likeness (QED) is 0.217. The Bertz CT molecular complexity index is 844. The highest BCUT2D eigenvalue weighted by molar-refractivity contribution is 6.78. The molecular formula is C25H31NO2Si. The summed E-state index contributed by atoms with van der Waals surface area (Å²) in [6.45, 7) is 4.89. The van der Waals surface area contributed by atoms with Crippen LogP contribution in [0.3, 0.4) is 0 Å². The van der Waals surface area contributed by atoms with Gasteiger partial charge in [-0.25, -0.2) is 4.79 Å². The maximum absolute atomic E-state index is 12.3. The summed E-state index contributed by atoms with van der Waals surface area (Å²) in [6.07, 6.45) is 6.73. The number of nitrogens with zero attached hydrogens (tertiary/aromatic N) is 1. The average molecular weight is 406 g/mol. The Labute approximate surface area is 175 Å². The number of benzene rings is 2. The van der Waals surface area contributed by atoms with Gasteiger partial charge in [-0.3, -0.25) is 0 Å². The summed E-state index contributed by atoms with van der Waals surface area (Å²) in [4.78, 5) is 12.3. The van der Waals surface area contributed by atoms with Gasteiger partial charge in [0.2, 0.25) is 0 Å². The third kappa shape index (κ3) is 5.80. The van der Waals surface area contributed by atoms with E-state index in [0.29, 0.717) is 22.8 Å². The van der Waals surface area contributed by atoms with Crippen LogP contribution in [0.5, 0.6) is 5.75 Å². The second-order valence-electron chi connectivity index (χ2n) is 8.69. The zero-order valence-corrected chi connectivity index (χ0v) is 18.6. The Kier molecular flexibility index (Phi) is 7.27. The summed E-state index contributed by atoms with van der Waals surface area (Å²) in [5.41, 5.74) is 2.35. The zero-order valence-electron chi connectivity index (χ0n) is 17.6. The van der Waals surface area contributed by atoms with Crippen LogP contribution in [-0.2, 0) is 0 Å². The van der Waals surface area contributed by atoms with Crippen molar-refractivity contribution in [2.75, 3.05) is 0 Å². The predicted octanol–water partition coefficient (Wildman–Crippen LogP) is 6.92. The summed E-state index contributed by atoms with van der Waals surface area (Å²) in [5, 5.41) is 8.85. The average Bonchev–Trinajstić information content (AvgIpc) is 2.75. The molecule has 0 spiro atoms. The van der Waals surface area contributed by atoms with Crippen LogP contribution < -0.4 is 4.74 Å². The highest BCUT2D eigenvalue weighted by atomic mass is 28.3. The molecule has 0 amide bonds. The second-order valence-corrected chi connectivity index (χ2v) is 13.8. The summed E-state index contributed by atoms with van der Waals surface area (Å²) in [7, 11) is -1.02. The van der Waals surface area contributed by atoms with E-state index in [1.54, 1.807) is 24.3 Å². The van der Waals surface area contributed by atoms with Crippen molar-refractivity contribution in [3.63, 3.8) is 0 Å². The molecule has 0 unspecified atom stereocenters. The summed E-state index contributed by atoms with van der Waals surface area (Å²) >= 11 is 0. The first-order valence-electron chi connectivity index (χ1n) is 10.9. The number of rotatable bonds is 7. The topological polar surface area (TPSA) is 50.1 Å². The van der Waals surface area contributed by atoms with Crippen molar-refractivity contribution in [2.45, 2.75) is 69.6 Å². The number of ether oxygens (including phenoxy) is 1. The molecule has 0 bridgehead atoms. The molecule has 0 radical (unpaired) electrons. The van der Waals surface area contributed by atoms with Gasteiger partial charge in [0.05, 0.1) is 25.3 Å². The Morgan fingerprint density at radius 3 is 2.31 bits per heavy atom. The molecule has 4 heteroatoms. The standard InChI is InChI=1S/C25H31NO2Si/c1-3-4-5-16-29(2)17-14-22(15-18-29)21-10-12-24(13-11-21)28-25(27)23-8-6-20(19-26)7-9-23/h6-13,22H,3-5,14-18H2,1-2H3. The fourth-order valence-electron chi connectivity index (χ4n) is 4.35. The first-order valence-corrected chi connectivity index (χ1v) is 14.0. The third-order valence-corrected chi connectivity index (χ3v) is 10.9. The minimum atomic E-state index is -1.02. The fraction of sp³-hybridized carbons (Fsp3) is 0.440. The molecule has 1 saturated heterocycles. The Balaban J connectivity index is 1.54. The van der Waals surface area contributed by atoms with E-state index in [1.165, 1.54) is 55.8 Å². The van der Waals surface area contributed by atoms with E-state index >= 15 is 0 Å². The molecule has 3 rings (SSSR count). The van der Waals surface area contributed by atoms with Crippen LogP contribution in [0.1, 0.15) is 66.4 Å². The van der Waals surface area contributed by atoms with E-state index in [9.17, 15) is 4.79 Å². The molecule has 3 nitrogen and oxygen atoms in total. The van der Waals surface area contributed by atoms with Crippen molar-refractivity contribution in [1.29, 1.82) is 5.26 Å². The lowest BCUT2D eigenvalue weighted by atomic mass is 9.93. The molecule has 0 saturated carbocycles. The van der Waals surface area contributed by atoms with Crippen molar-refractivity contribution in [3.05, 3.63) is 65.2 Å². The predicted molar refractivity (Wildman–Crippen MR) is 120 cm³/mol. The van der Waals surface area contributed by atoms with Gasteiger partial charge in [-0.05, 0) is 60.7 Å². The van der Waals surface area contributed by atoms with Crippen LogP contribution in [0.2, 0.25) is 24.7 Å². The molecule has 0 aliphatic carbocycles. The molecule has 1 heterocycles. The maximum atomic E-state index is 12.3. The first kappa shape index (κ1) is 21.3. The minimum Gasteiger partial charge on any atom is -0.423 e. The van der Waals surface area contributed by atoms with Crippen LogP contribution in [0.4, 0.5) is 0 Å². The van der Waals surface area contributed by atoms with Crippen LogP contribution in [0, 0.1) is 11.3 Å². The smallest absolute Gasteiger partial charge is 0.343 e. The van der Waals surface area contributed by atoms with E-state index < -0.39 is 14.0 Å². The Morgan fingerprint density at radius 2 is 1.72 bits per heavy atom. The van der Waals surface area contributed by atoms with Crippen LogP contribution in [-0.4, -0.2) is 14.0 Å². The third-order valence-electron chi connectivity index (χ3n) is 6.39. The molecule has 2 aromatic rings. The maximum Gasteiger partial charge on any atom is 0.343 e. The van der Waals surface area contributed by atoms with E-state index in [0.717, 1.165) is 0 Å². The molecule has 152 valence electrons. The number of carbonyl (C=O) groups excluding carboxylic acids is 1. The molecule has 0 N–H and O–H groups in total. The van der Waals surface area contributed by atoms with Crippen molar-refractivity contribution in [3.8, 4) is 11.8 Å². The highest BCUT2D eigenvalue weighted by Gasteiger charge is 2.32. The van der Waals surface area contributed by atoms with Gasteiger partial charge in [0.1, 0.15) is 5.75 Å². The summed E-state index contributed by atoms with van der Waals surface area (Å²) in [5.74, 6) is 0.816. The van der Waals surface area contributed by atoms with E-state index in [4.69, 9.17) is 10.00 Å². The zero-order chi connectivity index (χ0) is 20.7. The number of esters is 1. The number of unbranched alkanes of at least 4 members (excludes halogenated alkanes) is 2. The normalized spacial score (nSPS) is 21.3. The molecule has 2 aromatic carbocycles. The molecule has 1 aliphatic rings. The SMILES string of the molecule is CCCCC[Si]1(C)CCC(c2ccc(OC(=O)c3ccc(C#N)cc3)cc2)CC1. The molecule has 0 atom stereocenters. The molecule has 1 aliphatic heterocycles. The van der Waals surface area contributed by atoms with Crippen molar-refractivity contribution >= 4 is 14.0 Å². The van der Waals surface area contributed by atoms with Gasteiger partial charge in [-0.15, -0.1) is 0 Å². The van der Waals surface area contributed by atoms with Gasteiger partial charge in [-0.1, -0.05) is 63.0 Å². The second kappa shape index (κ2) is 9.89. The lowest BCUT2D eigenvalue weighted by Gasteiger charge is -2.36. The van der Waals surface area contributed by atoms with Gasteiger partial charge in [-0.2, -0.15) is 5.26 Å².